The van der Waals surface area contributed by atoms with Gasteiger partial charge in [0.25, 0.3) is 0 Å². The maximum atomic E-state index is 12.1. The van der Waals surface area contributed by atoms with Gasteiger partial charge in [-0.3, -0.25) is 9.36 Å². The van der Waals surface area contributed by atoms with Crippen molar-refractivity contribution in [1.29, 1.82) is 0 Å². The van der Waals surface area contributed by atoms with Crippen molar-refractivity contribution in [2.75, 3.05) is 11.5 Å². The van der Waals surface area contributed by atoms with E-state index in [1.807, 2.05) is 0 Å². The molecule has 0 spiro atoms. The fourth-order valence-electron chi connectivity index (χ4n) is 3.89. The SMILES string of the molecule is CC(NC(=O)CSc1nnc(N)n1C)C1CC2CCC1C2. The molecule has 7 heteroatoms. The summed E-state index contributed by atoms with van der Waals surface area (Å²) in [5, 5.41) is 11.6. The number of carbonyl (C=O) groups excluding carboxylic acids is 1. The number of hydrogen-bond donors (Lipinski definition) is 2. The van der Waals surface area contributed by atoms with E-state index in [4.69, 9.17) is 5.73 Å². The van der Waals surface area contributed by atoms with Crippen LogP contribution in [-0.4, -0.2) is 32.5 Å². The number of hydrogen-bond acceptors (Lipinski definition) is 5. The molecule has 4 atom stereocenters. The number of aromatic nitrogens is 3. The summed E-state index contributed by atoms with van der Waals surface area (Å²) >= 11 is 1.37. The highest BCUT2D eigenvalue weighted by molar-refractivity contribution is 7.99. The fraction of sp³-hybridized carbons (Fsp3) is 0.786. The van der Waals surface area contributed by atoms with E-state index in [0.717, 1.165) is 11.8 Å². The van der Waals surface area contributed by atoms with Crippen molar-refractivity contribution in [3.8, 4) is 0 Å². The third-order valence-corrected chi connectivity index (χ3v) is 6.04. The van der Waals surface area contributed by atoms with Gasteiger partial charge in [0, 0.05) is 13.1 Å². The number of carbonyl (C=O) groups is 1. The minimum absolute atomic E-state index is 0.0665. The Balaban J connectivity index is 1.47. The van der Waals surface area contributed by atoms with Gasteiger partial charge in [-0.25, -0.2) is 0 Å². The van der Waals surface area contributed by atoms with E-state index >= 15 is 0 Å². The number of nitrogens with two attached hydrogens (primary N) is 1. The highest BCUT2D eigenvalue weighted by Crippen LogP contribution is 2.49. The van der Waals surface area contributed by atoms with Crippen LogP contribution < -0.4 is 11.1 Å². The largest absolute Gasteiger partial charge is 0.368 e. The first-order valence-electron chi connectivity index (χ1n) is 7.61. The molecule has 2 saturated carbocycles. The molecule has 0 radical (unpaired) electrons. The molecule has 2 aliphatic rings. The van der Waals surface area contributed by atoms with Gasteiger partial charge >= 0.3 is 0 Å². The third-order valence-electron chi connectivity index (χ3n) is 5.02. The standard InChI is InChI=1S/C14H23N5OS/c1-8(11-6-9-3-4-10(11)5-9)16-12(20)7-21-14-18-17-13(15)19(14)2/h8-11H,3-7H2,1-2H3,(H2,15,17)(H,16,20). The molecule has 1 aromatic heterocycles. The highest BCUT2D eigenvalue weighted by atomic mass is 32.2. The second kappa shape index (κ2) is 5.87. The molecule has 1 amide bonds. The van der Waals surface area contributed by atoms with E-state index in [9.17, 15) is 4.79 Å². The maximum absolute atomic E-state index is 12.1. The molecule has 2 bridgehead atoms. The highest BCUT2D eigenvalue weighted by Gasteiger charge is 2.42. The average Bonchev–Trinajstić information content (AvgIpc) is 3.15. The van der Waals surface area contributed by atoms with Crippen molar-refractivity contribution >= 4 is 23.6 Å². The molecule has 0 aromatic carbocycles. The molecule has 2 aliphatic carbocycles. The smallest absolute Gasteiger partial charge is 0.230 e. The Labute approximate surface area is 129 Å². The lowest BCUT2D eigenvalue weighted by molar-refractivity contribution is -0.119. The molecule has 3 N–H and O–H groups in total. The zero-order valence-corrected chi connectivity index (χ0v) is 13.4. The molecular weight excluding hydrogens is 286 g/mol. The van der Waals surface area contributed by atoms with E-state index in [2.05, 4.69) is 22.4 Å². The van der Waals surface area contributed by atoms with Crippen molar-refractivity contribution in [2.45, 2.75) is 43.8 Å². The minimum Gasteiger partial charge on any atom is -0.368 e. The zero-order chi connectivity index (χ0) is 15.0. The molecule has 4 unspecified atom stereocenters. The van der Waals surface area contributed by atoms with Gasteiger partial charge in [-0.2, -0.15) is 0 Å². The van der Waals surface area contributed by atoms with Gasteiger partial charge in [0.15, 0.2) is 5.16 Å². The van der Waals surface area contributed by atoms with Crippen molar-refractivity contribution < 1.29 is 4.79 Å². The number of fused-ring (bicyclic) bond motifs is 2. The van der Waals surface area contributed by atoms with Gasteiger partial charge in [0.2, 0.25) is 11.9 Å². The van der Waals surface area contributed by atoms with Crippen LogP contribution in [0.25, 0.3) is 0 Å². The molecular formula is C14H23N5OS. The summed E-state index contributed by atoms with van der Waals surface area (Å²) in [7, 11) is 1.80. The first-order chi connectivity index (χ1) is 10.0. The van der Waals surface area contributed by atoms with Crippen LogP contribution in [0.15, 0.2) is 5.16 Å². The van der Waals surface area contributed by atoms with Gasteiger partial charge < -0.3 is 11.1 Å². The second-order valence-corrected chi connectivity index (χ2v) is 7.33. The van der Waals surface area contributed by atoms with Crippen LogP contribution in [-0.2, 0) is 11.8 Å². The minimum atomic E-state index is 0.0665. The van der Waals surface area contributed by atoms with Crippen molar-refractivity contribution in [2.24, 2.45) is 24.8 Å². The summed E-state index contributed by atoms with van der Waals surface area (Å²) < 4.78 is 1.69. The lowest BCUT2D eigenvalue weighted by Crippen LogP contribution is -2.40. The molecule has 0 aliphatic heterocycles. The number of amides is 1. The third kappa shape index (κ3) is 3.02. The van der Waals surface area contributed by atoms with Gasteiger partial charge in [0.05, 0.1) is 5.75 Å². The number of thioether (sulfide) groups is 1. The van der Waals surface area contributed by atoms with Crippen LogP contribution in [0.2, 0.25) is 0 Å². The van der Waals surface area contributed by atoms with Gasteiger partial charge in [0.1, 0.15) is 0 Å². The molecule has 21 heavy (non-hydrogen) atoms. The summed E-state index contributed by atoms with van der Waals surface area (Å²) in [6.07, 6.45) is 5.41. The summed E-state index contributed by atoms with van der Waals surface area (Å²) in [5.74, 6) is 3.21. The molecule has 1 heterocycles. The Morgan fingerprint density at radius 3 is 2.86 bits per heavy atom. The van der Waals surface area contributed by atoms with Crippen LogP contribution in [0.4, 0.5) is 5.95 Å². The van der Waals surface area contributed by atoms with Gasteiger partial charge in [-0.15, -0.1) is 10.2 Å². The summed E-state index contributed by atoms with van der Waals surface area (Å²) in [6.45, 7) is 2.15. The number of nitrogens with zero attached hydrogens (tertiary/aromatic N) is 3. The Kier molecular flexibility index (Phi) is 4.10. The van der Waals surface area contributed by atoms with Crippen LogP contribution >= 0.6 is 11.8 Å². The Morgan fingerprint density at radius 1 is 1.48 bits per heavy atom. The number of nitrogens with one attached hydrogen (secondary N) is 1. The first kappa shape index (κ1) is 14.7. The molecule has 116 valence electrons. The predicted octanol–water partition coefficient (Wildman–Crippen LogP) is 1.43. The first-order valence-corrected chi connectivity index (χ1v) is 8.60. The molecule has 3 rings (SSSR count). The van der Waals surface area contributed by atoms with Crippen molar-refractivity contribution in [3.63, 3.8) is 0 Å². The average molecular weight is 309 g/mol. The number of anilines is 1. The Morgan fingerprint density at radius 2 is 2.29 bits per heavy atom. The Bertz CT molecular complexity index is 531. The lowest BCUT2D eigenvalue weighted by atomic mass is 9.84. The van der Waals surface area contributed by atoms with E-state index in [-0.39, 0.29) is 11.9 Å². The van der Waals surface area contributed by atoms with Gasteiger partial charge in [-0.1, -0.05) is 18.2 Å². The molecule has 0 saturated heterocycles. The number of rotatable bonds is 5. The van der Waals surface area contributed by atoms with E-state index in [1.54, 1.807) is 11.6 Å². The van der Waals surface area contributed by atoms with Crippen molar-refractivity contribution in [1.82, 2.24) is 20.1 Å². The predicted molar refractivity (Wildman–Crippen MR) is 82.7 cm³/mol. The fourth-order valence-corrected chi connectivity index (χ4v) is 4.62. The molecule has 6 nitrogen and oxygen atoms in total. The summed E-state index contributed by atoms with van der Waals surface area (Å²) in [5.41, 5.74) is 5.62. The van der Waals surface area contributed by atoms with Crippen molar-refractivity contribution in [3.05, 3.63) is 0 Å². The van der Waals surface area contributed by atoms with Crippen LogP contribution in [0.1, 0.15) is 32.6 Å². The summed E-state index contributed by atoms with van der Waals surface area (Å²) in [4.78, 5) is 12.1. The molecule has 2 fully saturated rings. The van der Waals surface area contributed by atoms with Gasteiger partial charge in [-0.05, 0) is 43.9 Å². The van der Waals surface area contributed by atoms with Crippen LogP contribution in [0.5, 0.6) is 0 Å². The monoisotopic (exact) mass is 309 g/mol. The van der Waals surface area contributed by atoms with E-state index in [0.29, 0.717) is 22.8 Å². The summed E-state index contributed by atoms with van der Waals surface area (Å²) in [6, 6.07) is 0.276. The van der Waals surface area contributed by atoms with Crippen LogP contribution in [0, 0.1) is 17.8 Å². The normalized spacial score (nSPS) is 28.8. The second-order valence-electron chi connectivity index (χ2n) is 6.38. The number of nitrogen functional groups attached to an aromatic ring is 1. The zero-order valence-electron chi connectivity index (χ0n) is 12.6. The molecule has 1 aromatic rings. The quantitative estimate of drug-likeness (QED) is 0.804. The topological polar surface area (TPSA) is 85.8 Å². The maximum Gasteiger partial charge on any atom is 0.230 e. The van der Waals surface area contributed by atoms with Crippen LogP contribution in [0.3, 0.4) is 0 Å². The lowest BCUT2D eigenvalue weighted by Gasteiger charge is -2.28. The van der Waals surface area contributed by atoms with E-state index < -0.39 is 0 Å². The Hall–Kier alpha value is -1.24. The van der Waals surface area contributed by atoms with E-state index in [1.165, 1.54) is 37.4 Å².